The molecule has 4 aliphatic rings. The van der Waals surface area contributed by atoms with Gasteiger partial charge < -0.3 is 9.80 Å². The zero-order valence-electron chi connectivity index (χ0n) is 31.3. The first kappa shape index (κ1) is 31.8. The number of hydrogen-bond acceptors (Lipinski definition) is 2. The summed E-state index contributed by atoms with van der Waals surface area (Å²) in [7, 11) is 0. The van der Waals surface area contributed by atoms with Crippen molar-refractivity contribution in [2.45, 2.75) is 118 Å². The summed E-state index contributed by atoms with van der Waals surface area (Å²) >= 11 is 0. The van der Waals surface area contributed by atoms with Crippen LogP contribution >= 0.6 is 0 Å². The maximum Gasteiger partial charge on any atom is 0.252 e. The second kappa shape index (κ2) is 10.3. The highest BCUT2D eigenvalue weighted by molar-refractivity contribution is 7.00. The van der Waals surface area contributed by atoms with Crippen LogP contribution in [-0.2, 0) is 10.8 Å². The monoisotopic (exact) mass is 634 g/mol. The van der Waals surface area contributed by atoms with Crippen LogP contribution in [0.3, 0.4) is 0 Å². The molecule has 3 unspecified atom stereocenters. The average molecular weight is 635 g/mol. The van der Waals surface area contributed by atoms with E-state index >= 15 is 0 Å². The predicted molar refractivity (Wildman–Crippen MR) is 209 cm³/mol. The molecule has 0 radical (unpaired) electrons. The van der Waals surface area contributed by atoms with Gasteiger partial charge in [-0.2, -0.15) is 0 Å². The second-order valence-electron chi connectivity index (χ2n) is 19.0. The van der Waals surface area contributed by atoms with E-state index in [1.807, 2.05) is 0 Å². The molecule has 4 aromatic carbocycles. The van der Waals surface area contributed by atoms with E-state index in [-0.39, 0.29) is 28.4 Å². The second-order valence-corrected chi connectivity index (χ2v) is 19.0. The van der Waals surface area contributed by atoms with Crippen LogP contribution in [0.25, 0.3) is 0 Å². The van der Waals surface area contributed by atoms with Crippen molar-refractivity contribution >= 4 is 51.5 Å². The topological polar surface area (TPSA) is 6.48 Å². The van der Waals surface area contributed by atoms with Crippen LogP contribution in [0.1, 0.15) is 118 Å². The summed E-state index contributed by atoms with van der Waals surface area (Å²) in [4.78, 5) is 5.51. The van der Waals surface area contributed by atoms with Crippen molar-refractivity contribution in [3.05, 3.63) is 95.6 Å². The lowest BCUT2D eigenvalue weighted by atomic mass is 9.33. The minimum atomic E-state index is 0.0499. The van der Waals surface area contributed by atoms with E-state index in [0.717, 1.165) is 5.92 Å². The summed E-state index contributed by atoms with van der Waals surface area (Å²) in [5.74, 6) is 1.18. The normalized spacial score (nSPS) is 23.8. The molecule has 3 atom stereocenters. The zero-order chi connectivity index (χ0) is 34.1. The highest BCUT2D eigenvalue weighted by Crippen LogP contribution is 2.65. The first-order valence-corrected chi connectivity index (χ1v) is 18.6. The number of hydrogen-bond donors (Lipinski definition) is 0. The lowest BCUT2D eigenvalue weighted by molar-refractivity contribution is 0.140. The van der Waals surface area contributed by atoms with E-state index in [9.17, 15) is 0 Å². The highest BCUT2D eigenvalue weighted by atomic mass is 15.2. The van der Waals surface area contributed by atoms with Gasteiger partial charge >= 0.3 is 0 Å². The van der Waals surface area contributed by atoms with Crippen molar-refractivity contribution in [3.8, 4) is 0 Å². The molecule has 0 saturated heterocycles. The zero-order valence-corrected chi connectivity index (χ0v) is 31.3. The number of rotatable bonds is 3. The quantitative estimate of drug-likeness (QED) is 0.182. The molecule has 4 aromatic rings. The molecule has 0 aromatic heterocycles. The van der Waals surface area contributed by atoms with Crippen LogP contribution in [0.5, 0.6) is 0 Å². The lowest BCUT2D eigenvalue weighted by Crippen LogP contribution is -2.65. The Hall–Kier alpha value is -3.46. The summed E-state index contributed by atoms with van der Waals surface area (Å²) in [6.45, 7) is 26.8. The largest absolute Gasteiger partial charge is 0.338 e. The van der Waals surface area contributed by atoms with Crippen LogP contribution in [0.4, 0.5) is 28.4 Å². The molecule has 2 aliphatic heterocycles. The fraction of sp³-hybridized carbons (Fsp3) is 0.467. The third-order valence-electron chi connectivity index (χ3n) is 13.0. The minimum Gasteiger partial charge on any atom is -0.338 e. The minimum absolute atomic E-state index is 0.0499. The Bertz CT molecular complexity index is 1920. The maximum absolute atomic E-state index is 2.91. The van der Waals surface area contributed by atoms with Crippen LogP contribution in [0.2, 0.25) is 0 Å². The van der Waals surface area contributed by atoms with Crippen molar-refractivity contribution in [3.63, 3.8) is 0 Å². The van der Waals surface area contributed by atoms with Gasteiger partial charge in [-0.15, -0.1) is 0 Å². The van der Waals surface area contributed by atoms with Crippen molar-refractivity contribution < 1.29 is 0 Å². The standard InChI is InChI=1S/C45H55BN2/c1-28(2)29-23-38-40-39(24-29)48(41-44(9,10)32-21-22-45(41,11)27-32)37-26-31(43(6,7)8)18-20-35(37)46(40)34-19-17-30(42(3,4)5)25-36(34)47(38)33-15-13-12-14-16-33/h12-20,23-26,28,32,41H,21-22,27H2,1-11H3. The van der Waals surface area contributed by atoms with E-state index in [1.54, 1.807) is 0 Å². The summed E-state index contributed by atoms with van der Waals surface area (Å²) in [5.41, 5.74) is 16.0. The third kappa shape index (κ3) is 4.51. The Labute approximate surface area is 291 Å². The Kier molecular flexibility index (Phi) is 6.81. The van der Waals surface area contributed by atoms with Gasteiger partial charge in [-0.25, -0.2) is 0 Å². The third-order valence-corrected chi connectivity index (χ3v) is 13.0. The molecule has 2 aliphatic carbocycles. The Morgan fingerprint density at radius 2 is 1.29 bits per heavy atom. The van der Waals surface area contributed by atoms with E-state index in [4.69, 9.17) is 0 Å². The first-order valence-electron chi connectivity index (χ1n) is 18.6. The van der Waals surface area contributed by atoms with Gasteiger partial charge in [0.15, 0.2) is 0 Å². The van der Waals surface area contributed by atoms with Crippen molar-refractivity contribution in [1.29, 1.82) is 0 Å². The van der Waals surface area contributed by atoms with E-state index < -0.39 is 0 Å². The molecule has 2 nitrogen and oxygen atoms in total. The van der Waals surface area contributed by atoms with E-state index in [1.165, 1.54) is 80.8 Å². The Morgan fingerprint density at radius 1 is 0.708 bits per heavy atom. The van der Waals surface area contributed by atoms with Crippen LogP contribution in [0.15, 0.2) is 78.9 Å². The maximum atomic E-state index is 2.91. The van der Waals surface area contributed by atoms with Gasteiger partial charge in [0.1, 0.15) is 0 Å². The van der Waals surface area contributed by atoms with Crippen molar-refractivity contribution in [2.75, 3.05) is 9.80 Å². The molecule has 48 heavy (non-hydrogen) atoms. The van der Waals surface area contributed by atoms with Crippen molar-refractivity contribution in [2.24, 2.45) is 16.7 Å². The van der Waals surface area contributed by atoms with Crippen molar-refractivity contribution in [1.82, 2.24) is 0 Å². The fourth-order valence-electron chi connectivity index (χ4n) is 10.4. The fourth-order valence-corrected chi connectivity index (χ4v) is 10.4. The molecule has 2 heterocycles. The molecule has 248 valence electrons. The number of benzene rings is 4. The lowest BCUT2D eigenvalue weighted by Gasteiger charge is -2.54. The SMILES string of the molecule is CC(C)c1cc2c3c(c1)N(C1C4(C)CCC(C4)C1(C)C)c1cc(C(C)(C)C)ccc1B3c1ccc(C(C)(C)C)cc1N2c1ccccc1. The van der Waals surface area contributed by atoms with Gasteiger partial charge in [-0.1, -0.05) is 119 Å². The van der Waals surface area contributed by atoms with Gasteiger partial charge in [0.25, 0.3) is 6.71 Å². The summed E-state index contributed by atoms with van der Waals surface area (Å²) in [6, 6.07) is 31.6. The summed E-state index contributed by atoms with van der Waals surface area (Å²) in [5, 5.41) is 0. The predicted octanol–water partition coefficient (Wildman–Crippen LogP) is 10.4. The molecule has 0 amide bonds. The van der Waals surface area contributed by atoms with Gasteiger partial charge in [-0.05, 0) is 122 Å². The molecular formula is C45H55BN2. The number of para-hydroxylation sites is 1. The van der Waals surface area contributed by atoms with E-state index in [0.29, 0.717) is 12.0 Å². The molecular weight excluding hydrogens is 579 g/mol. The Morgan fingerprint density at radius 3 is 1.85 bits per heavy atom. The Balaban J connectivity index is 1.50. The van der Waals surface area contributed by atoms with Gasteiger partial charge in [0, 0.05) is 34.5 Å². The first-order chi connectivity index (χ1) is 22.5. The molecule has 0 spiro atoms. The summed E-state index contributed by atoms with van der Waals surface area (Å²) in [6.07, 6.45) is 4.01. The number of nitrogens with zero attached hydrogens (tertiary/aromatic N) is 2. The smallest absolute Gasteiger partial charge is 0.252 e. The molecule has 2 saturated carbocycles. The van der Waals surface area contributed by atoms with Crippen LogP contribution in [0, 0.1) is 16.7 Å². The molecule has 0 N–H and O–H groups in total. The van der Waals surface area contributed by atoms with Crippen LogP contribution in [-0.4, -0.2) is 12.8 Å². The van der Waals surface area contributed by atoms with Crippen LogP contribution < -0.4 is 26.2 Å². The highest BCUT2D eigenvalue weighted by Gasteiger charge is 2.63. The van der Waals surface area contributed by atoms with Gasteiger partial charge in [0.2, 0.25) is 0 Å². The number of anilines is 5. The van der Waals surface area contributed by atoms with Gasteiger partial charge in [-0.3, -0.25) is 0 Å². The number of fused-ring (bicyclic) bond motifs is 6. The summed E-state index contributed by atoms with van der Waals surface area (Å²) < 4.78 is 0. The molecule has 8 rings (SSSR count). The molecule has 2 fully saturated rings. The van der Waals surface area contributed by atoms with E-state index in [2.05, 4.69) is 165 Å². The van der Waals surface area contributed by atoms with Gasteiger partial charge in [0.05, 0.1) is 0 Å². The molecule has 3 heteroatoms. The average Bonchev–Trinajstić information content (AvgIpc) is 3.51. The molecule has 2 bridgehead atoms.